The number of hydrogen-bond donors (Lipinski definition) is 1. The van der Waals surface area contributed by atoms with Crippen molar-refractivity contribution in [1.29, 1.82) is 0 Å². The van der Waals surface area contributed by atoms with Gasteiger partial charge in [-0.05, 0) is 53.9 Å². The maximum absolute atomic E-state index is 13.2. The van der Waals surface area contributed by atoms with Crippen LogP contribution in [0.25, 0.3) is 5.69 Å². The maximum Gasteiger partial charge on any atom is 0.253 e. The van der Waals surface area contributed by atoms with Gasteiger partial charge in [-0.3, -0.25) is 4.79 Å². The van der Waals surface area contributed by atoms with Crippen molar-refractivity contribution in [1.82, 2.24) is 9.47 Å². The Hall–Kier alpha value is -3.25. The topological polar surface area (TPSA) is 69.7 Å². The van der Waals surface area contributed by atoms with Crippen LogP contribution < -0.4 is 15.2 Å². The van der Waals surface area contributed by atoms with Crippen LogP contribution in [-0.4, -0.2) is 35.6 Å². The van der Waals surface area contributed by atoms with Gasteiger partial charge in [-0.2, -0.15) is 0 Å². The Balaban J connectivity index is 0.00000162. The lowest BCUT2D eigenvalue weighted by molar-refractivity contribution is -0.00936. The number of aromatic nitrogens is 1. The standard InChI is InChI=1S/C26H29N3O3.2H2/c1-3-19-7-8-20(16-22(19)31-2)25(30)28-13-10-26(11-14-28)24-5-4-12-29(24)21-9-6-18(17-27)15-23(21)32-26;;/h4-9,12,15-16H,3,10-11,13-14,17,27H2,1-2H3;2*1H. The van der Waals surface area contributed by atoms with E-state index < -0.39 is 5.60 Å². The fourth-order valence-electron chi connectivity index (χ4n) is 4.97. The van der Waals surface area contributed by atoms with Crippen LogP contribution in [0.4, 0.5) is 0 Å². The fraction of sp³-hybridized carbons (Fsp3) is 0.346. The van der Waals surface area contributed by atoms with Gasteiger partial charge in [-0.15, -0.1) is 0 Å². The number of hydrogen-bond acceptors (Lipinski definition) is 4. The summed E-state index contributed by atoms with van der Waals surface area (Å²) in [4.78, 5) is 15.2. The Morgan fingerprint density at radius 2 is 2.00 bits per heavy atom. The van der Waals surface area contributed by atoms with E-state index in [0.29, 0.717) is 25.2 Å². The Bertz CT molecular complexity index is 1170. The fourth-order valence-corrected chi connectivity index (χ4v) is 4.97. The summed E-state index contributed by atoms with van der Waals surface area (Å²) in [6.45, 7) is 3.82. The molecule has 1 aromatic heterocycles. The number of benzene rings is 2. The van der Waals surface area contributed by atoms with Gasteiger partial charge in [0.15, 0.2) is 5.60 Å². The summed E-state index contributed by atoms with van der Waals surface area (Å²) in [7, 11) is 1.65. The molecule has 0 bridgehead atoms. The maximum atomic E-state index is 13.2. The molecule has 170 valence electrons. The van der Waals surface area contributed by atoms with Gasteiger partial charge in [0.1, 0.15) is 11.5 Å². The number of nitrogens with zero attached hydrogens (tertiary/aromatic N) is 2. The van der Waals surface area contributed by atoms with Crippen LogP contribution in [0.5, 0.6) is 11.5 Å². The number of amides is 1. The summed E-state index contributed by atoms with van der Waals surface area (Å²) in [5, 5.41) is 0. The van der Waals surface area contributed by atoms with E-state index in [4.69, 9.17) is 15.2 Å². The van der Waals surface area contributed by atoms with E-state index in [-0.39, 0.29) is 8.76 Å². The van der Waals surface area contributed by atoms with Gasteiger partial charge in [-0.25, -0.2) is 0 Å². The van der Waals surface area contributed by atoms with Gasteiger partial charge >= 0.3 is 0 Å². The predicted molar refractivity (Wildman–Crippen MR) is 128 cm³/mol. The minimum Gasteiger partial charge on any atom is -0.496 e. The van der Waals surface area contributed by atoms with E-state index in [0.717, 1.165) is 53.3 Å². The molecule has 2 aromatic carbocycles. The second-order valence-electron chi connectivity index (χ2n) is 8.54. The van der Waals surface area contributed by atoms with Crippen molar-refractivity contribution >= 4 is 5.91 Å². The number of rotatable bonds is 4. The van der Waals surface area contributed by atoms with E-state index in [1.54, 1.807) is 7.11 Å². The lowest BCUT2D eigenvalue weighted by Crippen LogP contribution is -2.50. The first-order valence-corrected chi connectivity index (χ1v) is 11.2. The Kier molecular flexibility index (Phi) is 5.18. The molecule has 1 saturated heterocycles. The van der Waals surface area contributed by atoms with Gasteiger partial charge in [0, 0.05) is 47.1 Å². The highest BCUT2D eigenvalue weighted by Crippen LogP contribution is 2.45. The summed E-state index contributed by atoms with van der Waals surface area (Å²) < 4.78 is 14.4. The molecule has 6 heteroatoms. The number of fused-ring (bicyclic) bond motifs is 4. The molecule has 0 saturated carbocycles. The molecule has 0 radical (unpaired) electrons. The van der Waals surface area contributed by atoms with Crippen LogP contribution >= 0.6 is 0 Å². The quantitative estimate of drug-likeness (QED) is 0.654. The molecule has 32 heavy (non-hydrogen) atoms. The number of aryl methyl sites for hydroxylation is 1. The molecule has 1 spiro atoms. The second-order valence-corrected chi connectivity index (χ2v) is 8.54. The van der Waals surface area contributed by atoms with Gasteiger partial charge in [-0.1, -0.05) is 19.1 Å². The average Bonchev–Trinajstić information content (AvgIpc) is 3.35. The van der Waals surface area contributed by atoms with E-state index in [1.807, 2.05) is 35.2 Å². The van der Waals surface area contributed by atoms with E-state index >= 15 is 0 Å². The zero-order valence-electron chi connectivity index (χ0n) is 18.6. The zero-order valence-corrected chi connectivity index (χ0v) is 18.6. The summed E-state index contributed by atoms with van der Waals surface area (Å²) >= 11 is 0. The van der Waals surface area contributed by atoms with E-state index in [2.05, 4.69) is 35.9 Å². The van der Waals surface area contributed by atoms with Crippen LogP contribution in [0.3, 0.4) is 0 Å². The van der Waals surface area contributed by atoms with Gasteiger partial charge < -0.3 is 24.7 Å². The number of methoxy groups -OCH3 is 1. The molecule has 3 heterocycles. The second kappa shape index (κ2) is 8.02. The first kappa shape index (κ1) is 20.6. The summed E-state index contributed by atoms with van der Waals surface area (Å²) in [6, 6.07) is 16.1. The predicted octanol–water partition coefficient (Wildman–Crippen LogP) is 4.52. The Morgan fingerprint density at radius 1 is 1.19 bits per heavy atom. The first-order valence-electron chi connectivity index (χ1n) is 11.2. The number of nitrogens with two attached hydrogens (primary N) is 1. The van der Waals surface area contributed by atoms with Crippen molar-refractivity contribution in [3.05, 3.63) is 77.1 Å². The smallest absolute Gasteiger partial charge is 0.253 e. The van der Waals surface area contributed by atoms with Crippen molar-refractivity contribution in [2.75, 3.05) is 20.2 Å². The molecular formula is C26H33N3O3. The zero-order chi connectivity index (χ0) is 22.3. The lowest BCUT2D eigenvalue weighted by Gasteiger charge is -2.45. The molecule has 1 amide bonds. The minimum atomic E-state index is -0.440. The molecule has 6 nitrogen and oxygen atoms in total. The normalized spacial score (nSPS) is 16.3. The van der Waals surface area contributed by atoms with Crippen molar-refractivity contribution in [2.45, 2.75) is 38.3 Å². The van der Waals surface area contributed by atoms with E-state index in [9.17, 15) is 4.79 Å². The highest BCUT2D eigenvalue weighted by Gasteiger charge is 2.44. The molecule has 0 unspecified atom stereocenters. The van der Waals surface area contributed by atoms with Crippen molar-refractivity contribution in [2.24, 2.45) is 5.73 Å². The number of carbonyl (C=O) groups is 1. The molecule has 0 aliphatic carbocycles. The molecule has 3 aromatic rings. The number of piperidine rings is 1. The van der Waals surface area contributed by atoms with Crippen LogP contribution in [0, 0.1) is 0 Å². The minimum absolute atomic E-state index is 0. The molecule has 2 aliphatic rings. The van der Waals surface area contributed by atoms with Crippen LogP contribution in [0.15, 0.2) is 54.7 Å². The third-order valence-electron chi connectivity index (χ3n) is 6.81. The summed E-state index contributed by atoms with van der Waals surface area (Å²) in [5.74, 6) is 1.67. The van der Waals surface area contributed by atoms with Crippen molar-refractivity contribution in [3.63, 3.8) is 0 Å². The molecule has 2 N–H and O–H groups in total. The molecule has 5 rings (SSSR count). The first-order chi connectivity index (χ1) is 15.6. The third kappa shape index (κ3) is 3.26. The Labute approximate surface area is 191 Å². The number of likely N-dealkylation sites (tertiary alicyclic amines) is 1. The van der Waals surface area contributed by atoms with E-state index in [1.165, 1.54) is 0 Å². The highest BCUT2D eigenvalue weighted by molar-refractivity contribution is 5.94. The molecule has 0 atom stereocenters. The Morgan fingerprint density at radius 3 is 2.72 bits per heavy atom. The molecular weight excluding hydrogens is 402 g/mol. The lowest BCUT2D eigenvalue weighted by atomic mass is 9.86. The molecule has 1 fully saturated rings. The highest BCUT2D eigenvalue weighted by atomic mass is 16.5. The van der Waals surface area contributed by atoms with Gasteiger partial charge in [0.2, 0.25) is 0 Å². The monoisotopic (exact) mass is 435 g/mol. The van der Waals surface area contributed by atoms with Gasteiger partial charge in [0.05, 0.1) is 18.5 Å². The summed E-state index contributed by atoms with van der Waals surface area (Å²) in [6.07, 6.45) is 4.42. The molecule has 2 aliphatic heterocycles. The largest absolute Gasteiger partial charge is 0.496 e. The van der Waals surface area contributed by atoms with Crippen molar-refractivity contribution in [3.8, 4) is 17.2 Å². The van der Waals surface area contributed by atoms with Crippen LogP contribution in [0.2, 0.25) is 0 Å². The van der Waals surface area contributed by atoms with Crippen LogP contribution in [0.1, 0.15) is 49.8 Å². The SMILES string of the molecule is CCc1ccc(C(=O)N2CCC3(CC2)Oc2cc(CN)ccc2-n2cccc23)cc1OC.[HH].[HH]. The van der Waals surface area contributed by atoms with Crippen molar-refractivity contribution < 1.29 is 17.1 Å². The summed E-state index contributed by atoms with van der Waals surface area (Å²) in [5.41, 5.74) is 10.4. The third-order valence-corrected chi connectivity index (χ3v) is 6.81. The van der Waals surface area contributed by atoms with Gasteiger partial charge in [0.25, 0.3) is 5.91 Å². The number of carbonyl (C=O) groups excluding carboxylic acids is 1. The number of ether oxygens (including phenoxy) is 2. The average molecular weight is 436 g/mol. The van der Waals surface area contributed by atoms with Crippen LogP contribution in [-0.2, 0) is 18.6 Å².